The Labute approximate surface area is 176 Å². The van der Waals surface area contributed by atoms with Crippen LogP contribution >= 0.6 is 0 Å². The molecule has 156 valence electrons. The summed E-state index contributed by atoms with van der Waals surface area (Å²) in [5.74, 6) is 0. The third-order valence-corrected chi connectivity index (χ3v) is 6.15. The SMILES string of the molecule is CCN(CC)C(=Cc1ccccc1)C1(N(CC)CC)C=CC(C2C=CNN2)=CC1. The molecule has 1 heterocycles. The van der Waals surface area contributed by atoms with Gasteiger partial charge in [-0.05, 0) is 56.6 Å². The largest absolute Gasteiger partial charge is 0.374 e. The maximum Gasteiger partial charge on any atom is 0.0833 e. The first-order valence-electron chi connectivity index (χ1n) is 11.0. The van der Waals surface area contributed by atoms with Crippen LogP contribution in [0.25, 0.3) is 6.08 Å². The highest BCUT2D eigenvalue weighted by atomic mass is 15.4. The lowest BCUT2D eigenvalue weighted by atomic mass is 9.81. The van der Waals surface area contributed by atoms with E-state index in [2.05, 4.69) is 109 Å². The second kappa shape index (κ2) is 9.95. The summed E-state index contributed by atoms with van der Waals surface area (Å²) in [6.07, 6.45) is 14.7. The first kappa shape index (κ1) is 21.4. The van der Waals surface area contributed by atoms with E-state index in [-0.39, 0.29) is 11.6 Å². The minimum absolute atomic E-state index is 0.134. The number of nitrogens with zero attached hydrogens (tertiary/aromatic N) is 2. The van der Waals surface area contributed by atoms with Crippen LogP contribution in [0, 0.1) is 0 Å². The van der Waals surface area contributed by atoms with Gasteiger partial charge in [0.05, 0.1) is 11.6 Å². The molecule has 0 fully saturated rings. The fraction of sp³-hybridized carbons (Fsp3) is 0.440. The predicted molar refractivity (Wildman–Crippen MR) is 124 cm³/mol. The van der Waals surface area contributed by atoms with Crippen LogP contribution in [0.15, 0.2) is 72.1 Å². The van der Waals surface area contributed by atoms with Crippen molar-refractivity contribution in [3.63, 3.8) is 0 Å². The zero-order valence-electron chi connectivity index (χ0n) is 18.4. The second-order valence-electron chi connectivity index (χ2n) is 7.58. The molecule has 1 aromatic carbocycles. The topological polar surface area (TPSA) is 30.5 Å². The lowest BCUT2D eigenvalue weighted by molar-refractivity contribution is 0.142. The van der Waals surface area contributed by atoms with Crippen molar-refractivity contribution >= 4 is 6.08 Å². The van der Waals surface area contributed by atoms with Gasteiger partial charge in [-0.1, -0.05) is 62.4 Å². The number of hydrogen-bond acceptors (Lipinski definition) is 4. The standard InChI is InChI=1S/C25H36N4/c1-5-28(6-2)24(20-21-12-10-9-11-13-21)25(29(7-3)8-4)17-14-22(15-18-25)23-16-19-26-27-23/h9-17,19-20,23,26-27H,5-8,18H2,1-4H3. The third kappa shape index (κ3) is 4.49. The lowest BCUT2D eigenvalue weighted by Crippen LogP contribution is -2.53. The Morgan fingerprint density at radius 3 is 2.31 bits per heavy atom. The predicted octanol–water partition coefficient (Wildman–Crippen LogP) is 4.33. The van der Waals surface area contributed by atoms with Crippen LogP contribution in [0.2, 0.25) is 0 Å². The summed E-state index contributed by atoms with van der Waals surface area (Å²) < 4.78 is 0. The molecule has 0 saturated heterocycles. The molecule has 1 aliphatic carbocycles. The molecule has 3 rings (SSSR count). The summed E-state index contributed by atoms with van der Waals surface area (Å²) in [6, 6.07) is 11.0. The van der Waals surface area contributed by atoms with Crippen LogP contribution < -0.4 is 10.9 Å². The average molecular weight is 393 g/mol. The van der Waals surface area contributed by atoms with E-state index in [4.69, 9.17) is 0 Å². The Bertz CT molecular complexity index is 769. The summed E-state index contributed by atoms with van der Waals surface area (Å²) in [7, 11) is 0. The summed E-state index contributed by atoms with van der Waals surface area (Å²) in [6.45, 7) is 13.1. The Morgan fingerprint density at radius 2 is 1.79 bits per heavy atom. The van der Waals surface area contributed by atoms with Gasteiger partial charge in [0.1, 0.15) is 0 Å². The molecule has 0 spiro atoms. The summed E-state index contributed by atoms with van der Waals surface area (Å²) in [5.41, 5.74) is 10.2. The molecule has 0 bridgehead atoms. The molecule has 4 heteroatoms. The Hall–Kier alpha value is -2.30. The van der Waals surface area contributed by atoms with Gasteiger partial charge in [-0.2, -0.15) is 0 Å². The van der Waals surface area contributed by atoms with Gasteiger partial charge in [0, 0.05) is 25.0 Å². The number of likely N-dealkylation sites (N-methyl/N-ethyl adjacent to an activating group) is 2. The average Bonchev–Trinajstić information content (AvgIpc) is 3.31. The van der Waals surface area contributed by atoms with Gasteiger partial charge in [-0.15, -0.1) is 0 Å². The van der Waals surface area contributed by atoms with Crippen molar-refractivity contribution in [1.29, 1.82) is 0 Å². The molecular formula is C25H36N4. The van der Waals surface area contributed by atoms with Gasteiger partial charge in [0.15, 0.2) is 0 Å². The molecule has 0 radical (unpaired) electrons. The number of hydrazine groups is 1. The number of rotatable bonds is 9. The quantitative estimate of drug-likeness (QED) is 0.655. The molecule has 4 nitrogen and oxygen atoms in total. The van der Waals surface area contributed by atoms with Crippen molar-refractivity contribution in [3.8, 4) is 0 Å². The third-order valence-electron chi connectivity index (χ3n) is 6.15. The van der Waals surface area contributed by atoms with Gasteiger partial charge in [-0.25, -0.2) is 5.43 Å². The van der Waals surface area contributed by atoms with Crippen molar-refractivity contribution < 1.29 is 0 Å². The molecule has 0 amide bonds. The highest BCUT2D eigenvalue weighted by Gasteiger charge is 2.40. The van der Waals surface area contributed by atoms with Crippen LogP contribution in [-0.2, 0) is 0 Å². The molecule has 29 heavy (non-hydrogen) atoms. The lowest BCUT2D eigenvalue weighted by Gasteiger charge is -2.47. The van der Waals surface area contributed by atoms with E-state index in [9.17, 15) is 0 Å². The smallest absolute Gasteiger partial charge is 0.0833 e. The zero-order valence-corrected chi connectivity index (χ0v) is 18.4. The van der Waals surface area contributed by atoms with Crippen LogP contribution in [0.4, 0.5) is 0 Å². The molecule has 0 aromatic heterocycles. The molecule has 2 aliphatic rings. The summed E-state index contributed by atoms with van der Waals surface area (Å²) in [5, 5.41) is 0. The minimum atomic E-state index is -0.134. The van der Waals surface area contributed by atoms with Crippen LogP contribution in [0.1, 0.15) is 39.7 Å². The Kier molecular flexibility index (Phi) is 7.34. The molecule has 1 aromatic rings. The van der Waals surface area contributed by atoms with E-state index in [1.165, 1.54) is 16.8 Å². The van der Waals surface area contributed by atoms with E-state index in [0.29, 0.717) is 0 Å². The van der Waals surface area contributed by atoms with Gasteiger partial charge >= 0.3 is 0 Å². The Balaban J connectivity index is 2.07. The van der Waals surface area contributed by atoms with Crippen LogP contribution in [0.3, 0.4) is 0 Å². The molecule has 2 unspecified atom stereocenters. The molecular weight excluding hydrogens is 356 g/mol. The van der Waals surface area contributed by atoms with Crippen molar-refractivity contribution in [2.24, 2.45) is 0 Å². The van der Waals surface area contributed by atoms with Crippen molar-refractivity contribution in [1.82, 2.24) is 20.7 Å². The van der Waals surface area contributed by atoms with Crippen LogP contribution in [-0.4, -0.2) is 47.6 Å². The van der Waals surface area contributed by atoms with Crippen molar-refractivity contribution in [3.05, 3.63) is 77.7 Å². The monoisotopic (exact) mass is 392 g/mol. The number of benzene rings is 1. The van der Waals surface area contributed by atoms with E-state index < -0.39 is 0 Å². The van der Waals surface area contributed by atoms with E-state index in [1.807, 2.05) is 6.20 Å². The summed E-state index contributed by atoms with van der Waals surface area (Å²) >= 11 is 0. The second-order valence-corrected chi connectivity index (χ2v) is 7.58. The zero-order chi connectivity index (χ0) is 20.7. The fourth-order valence-corrected chi connectivity index (χ4v) is 4.53. The van der Waals surface area contributed by atoms with Gasteiger partial charge in [0.2, 0.25) is 0 Å². The van der Waals surface area contributed by atoms with E-state index in [1.54, 1.807) is 0 Å². The van der Waals surface area contributed by atoms with Crippen molar-refractivity contribution in [2.75, 3.05) is 26.2 Å². The molecule has 1 aliphatic heterocycles. The fourth-order valence-electron chi connectivity index (χ4n) is 4.53. The van der Waals surface area contributed by atoms with Crippen molar-refractivity contribution in [2.45, 2.75) is 45.7 Å². The van der Waals surface area contributed by atoms with E-state index >= 15 is 0 Å². The number of hydrogen-bond donors (Lipinski definition) is 2. The first-order valence-corrected chi connectivity index (χ1v) is 11.0. The van der Waals surface area contributed by atoms with E-state index in [0.717, 1.165) is 32.6 Å². The summed E-state index contributed by atoms with van der Waals surface area (Å²) in [4.78, 5) is 5.11. The van der Waals surface area contributed by atoms with Gasteiger partial charge < -0.3 is 10.3 Å². The van der Waals surface area contributed by atoms with Gasteiger partial charge in [-0.3, -0.25) is 4.90 Å². The molecule has 2 atom stereocenters. The van der Waals surface area contributed by atoms with Gasteiger partial charge in [0.25, 0.3) is 0 Å². The van der Waals surface area contributed by atoms with Crippen LogP contribution in [0.5, 0.6) is 0 Å². The molecule has 2 N–H and O–H groups in total. The molecule has 0 saturated carbocycles. The maximum absolute atomic E-state index is 3.31. The first-order chi connectivity index (χ1) is 14.2. The Morgan fingerprint density at radius 1 is 1.07 bits per heavy atom. The highest BCUT2D eigenvalue weighted by Crippen LogP contribution is 2.38. The highest BCUT2D eigenvalue weighted by molar-refractivity contribution is 5.58. The maximum atomic E-state index is 3.31. The number of nitrogens with one attached hydrogen (secondary N) is 2. The minimum Gasteiger partial charge on any atom is -0.374 e. The normalized spacial score (nSPS) is 24.0.